The molecular weight excluding hydrogens is 300 g/mol. The third-order valence-corrected chi connectivity index (χ3v) is 4.21. The first kappa shape index (κ1) is 14.3. The maximum Gasteiger partial charge on any atom is 0.280 e. The molecule has 4 heteroatoms. The molecule has 0 atom stereocenters. The normalized spacial score (nSPS) is 11.0. The Bertz CT molecular complexity index is 1160. The van der Waals surface area contributed by atoms with Crippen LogP contribution in [-0.2, 0) is 7.05 Å². The Morgan fingerprint density at radius 2 is 1.62 bits per heavy atom. The summed E-state index contributed by atoms with van der Waals surface area (Å²) in [5, 5.41) is 2.01. The molecule has 0 fully saturated rings. The molecule has 4 rings (SSSR count). The summed E-state index contributed by atoms with van der Waals surface area (Å²) in [7, 11) is 1.66. The zero-order chi connectivity index (χ0) is 16.7. The molecule has 3 aromatic carbocycles. The van der Waals surface area contributed by atoms with E-state index in [9.17, 15) is 9.59 Å². The molecule has 4 aromatic rings. The first-order chi connectivity index (χ1) is 11.6. The molecule has 0 saturated carbocycles. The summed E-state index contributed by atoms with van der Waals surface area (Å²) in [5.74, 6) is -0.355. The fraction of sp³-hybridized carbons (Fsp3) is 0.0500. The van der Waals surface area contributed by atoms with E-state index in [0.717, 1.165) is 10.8 Å². The van der Waals surface area contributed by atoms with Crippen molar-refractivity contribution in [3.8, 4) is 0 Å². The first-order valence-corrected chi connectivity index (χ1v) is 7.64. The first-order valence-electron chi connectivity index (χ1n) is 7.64. The highest BCUT2D eigenvalue weighted by Crippen LogP contribution is 2.18. The zero-order valence-corrected chi connectivity index (χ0v) is 13.1. The second kappa shape index (κ2) is 5.42. The molecule has 0 unspecified atom stereocenters. The Morgan fingerprint density at radius 3 is 2.46 bits per heavy atom. The molecule has 0 radical (unpaired) electrons. The lowest BCUT2D eigenvalue weighted by atomic mass is 10.0. The molecule has 116 valence electrons. The second-order valence-electron chi connectivity index (χ2n) is 5.70. The van der Waals surface area contributed by atoms with Gasteiger partial charge >= 0.3 is 0 Å². The van der Waals surface area contributed by atoms with Gasteiger partial charge in [0.2, 0.25) is 5.78 Å². The van der Waals surface area contributed by atoms with Crippen LogP contribution in [0.3, 0.4) is 0 Å². The van der Waals surface area contributed by atoms with Crippen LogP contribution in [0.25, 0.3) is 21.8 Å². The maximum atomic E-state index is 12.8. The molecule has 4 nitrogen and oxygen atoms in total. The molecule has 0 bridgehead atoms. The lowest BCUT2D eigenvalue weighted by molar-refractivity contribution is 0.103. The number of hydrogen-bond acceptors (Lipinski definition) is 3. The fourth-order valence-corrected chi connectivity index (χ4v) is 2.89. The Balaban J connectivity index is 1.91. The molecule has 0 amide bonds. The quantitative estimate of drug-likeness (QED) is 0.533. The number of ketones is 1. The van der Waals surface area contributed by atoms with Crippen molar-refractivity contribution in [2.75, 3.05) is 0 Å². The predicted octanol–water partition coefficient (Wildman–Crippen LogP) is 3.32. The van der Waals surface area contributed by atoms with E-state index in [0.29, 0.717) is 16.6 Å². The highest BCUT2D eigenvalue weighted by Gasteiger charge is 2.18. The third-order valence-electron chi connectivity index (χ3n) is 4.21. The predicted molar refractivity (Wildman–Crippen MR) is 94.4 cm³/mol. The molecule has 0 saturated heterocycles. The Labute approximate surface area is 138 Å². The van der Waals surface area contributed by atoms with E-state index in [1.54, 1.807) is 25.2 Å². The number of hydrogen-bond donors (Lipinski definition) is 0. The Morgan fingerprint density at radius 1 is 0.917 bits per heavy atom. The van der Waals surface area contributed by atoms with Crippen LogP contribution in [0.2, 0.25) is 0 Å². The van der Waals surface area contributed by atoms with E-state index in [1.807, 2.05) is 48.5 Å². The van der Waals surface area contributed by atoms with Gasteiger partial charge in [0.15, 0.2) is 5.69 Å². The van der Waals surface area contributed by atoms with E-state index in [4.69, 9.17) is 0 Å². The van der Waals surface area contributed by atoms with E-state index in [-0.39, 0.29) is 17.0 Å². The Hall–Kier alpha value is -3.27. The van der Waals surface area contributed by atoms with Gasteiger partial charge in [-0.2, -0.15) is 0 Å². The highest BCUT2D eigenvalue weighted by atomic mass is 16.1. The van der Waals surface area contributed by atoms with Crippen LogP contribution >= 0.6 is 0 Å². The molecule has 0 aliphatic carbocycles. The van der Waals surface area contributed by atoms with Crippen LogP contribution in [0.1, 0.15) is 16.1 Å². The third kappa shape index (κ3) is 2.20. The van der Waals surface area contributed by atoms with Gasteiger partial charge in [-0.05, 0) is 29.0 Å². The summed E-state index contributed by atoms with van der Waals surface area (Å²) >= 11 is 0. The van der Waals surface area contributed by atoms with Gasteiger partial charge in [0.25, 0.3) is 5.56 Å². The molecule has 1 aromatic heterocycles. The van der Waals surface area contributed by atoms with Gasteiger partial charge < -0.3 is 4.57 Å². The average molecular weight is 314 g/mol. The summed E-state index contributed by atoms with van der Waals surface area (Å²) in [6.45, 7) is 0. The molecule has 0 N–H and O–H groups in total. The number of fused-ring (bicyclic) bond motifs is 2. The summed E-state index contributed by atoms with van der Waals surface area (Å²) in [4.78, 5) is 29.7. The zero-order valence-electron chi connectivity index (χ0n) is 13.1. The number of carbonyl (C=O) groups is 1. The average Bonchev–Trinajstić information content (AvgIpc) is 2.63. The van der Waals surface area contributed by atoms with Crippen molar-refractivity contribution in [1.29, 1.82) is 0 Å². The van der Waals surface area contributed by atoms with Crippen molar-refractivity contribution in [3.05, 3.63) is 88.3 Å². The van der Waals surface area contributed by atoms with Gasteiger partial charge in [-0.1, -0.05) is 48.5 Å². The Kier molecular flexibility index (Phi) is 3.24. The van der Waals surface area contributed by atoms with E-state index in [2.05, 4.69) is 4.98 Å². The van der Waals surface area contributed by atoms with E-state index in [1.165, 1.54) is 4.57 Å². The minimum atomic E-state index is -0.383. The minimum absolute atomic E-state index is 0.0496. The monoisotopic (exact) mass is 314 g/mol. The number of aryl methyl sites for hydroxylation is 1. The van der Waals surface area contributed by atoms with Gasteiger partial charge in [-0.25, -0.2) is 4.98 Å². The molecule has 24 heavy (non-hydrogen) atoms. The second-order valence-corrected chi connectivity index (χ2v) is 5.70. The smallest absolute Gasteiger partial charge is 0.280 e. The van der Waals surface area contributed by atoms with Crippen LogP contribution in [0.4, 0.5) is 0 Å². The number of nitrogens with zero attached hydrogens (tertiary/aromatic N) is 2. The van der Waals surface area contributed by atoms with Gasteiger partial charge in [0.05, 0.1) is 11.0 Å². The van der Waals surface area contributed by atoms with Gasteiger partial charge in [0, 0.05) is 12.6 Å². The van der Waals surface area contributed by atoms with Crippen molar-refractivity contribution in [3.63, 3.8) is 0 Å². The molecular formula is C20H14N2O2. The highest BCUT2D eigenvalue weighted by molar-refractivity contribution is 6.09. The topological polar surface area (TPSA) is 52.0 Å². The van der Waals surface area contributed by atoms with E-state index >= 15 is 0 Å². The lowest BCUT2D eigenvalue weighted by Gasteiger charge is -2.07. The molecule has 0 aliphatic heterocycles. The van der Waals surface area contributed by atoms with Crippen molar-refractivity contribution >= 4 is 27.6 Å². The molecule has 1 heterocycles. The summed E-state index contributed by atoms with van der Waals surface area (Å²) in [6.07, 6.45) is 0. The van der Waals surface area contributed by atoms with Gasteiger partial charge in [-0.15, -0.1) is 0 Å². The van der Waals surface area contributed by atoms with E-state index < -0.39 is 0 Å². The fourth-order valence-electron chi connectivity index (χ4n) is 2.89. The summed E-state index contributed by atoms with van der Waals surface area (Å²) < 4.78 is 1.47. The number of aromatic nitrogens is 2. The van der Waals surface area contributed by atoms with Crippen molar-refractivity contribution in [2.24, 2.45) is 7.05 Å². The van der Waals surface area contributed by atoms with Gasteiger partial charge in [-0.3, -0.25) is 9.59 Å². The van der Waals surface area contributed by atoms with Crippen LogP contribution in [0, 0.1) is 0 Å². The van der Waals surface area contributed by atoms with Crippen molar-refractivity contribution in [1.82, 2.24) is 9.55 Å². The number of rotatable bonds is 2. The van der Waals surface area contributed by atoms with Crippen molar-refractivity contribution < 1.29 is 4.79 Å². The van der Waals surface area contributed by atoms with Crippen molar-refractivity contribution in [2.45, 2.75) is 0 Å². The minimum Gasteiger partial charge on any atom is -0.308 e. The number of carbonyl (C=O) groups excluding carboxylic acids is 1. The largest absolute Gasteiger partial charge is 0.308 e. The number of benzene rings is 3. The summed E-state index contributed by atoms with van der Waals surface area (Å²) in [6, 6.07) is 20.5. The van der Waals surface area contributed by atoms with Gasteiger partial charge in [0.1, 0.15) is 0 Å². The summed E-state index contributed by atoms with van der Waals surface area (Å²) in [5.41, 5.74) is 1.37. The van der Waals surface area contributed by atoms with Crippen LogP contribution in [0.5, 0.6) is 0 Å². The van der Waals surface area contributed by atoms with Crippen LogP contribution < -0.4 is 5.56 Å². The molecule has 0 spiro atoms. The lowest BCUT2D eigenvalue weighted by Crippen LogP contribution is -2.27. The standard InChI is InChI=1S/C20H14N2O2/c1-22-17-9-5-4-8-16(17)21-18(20(22)24)19(23)15-11-10-13-6-2-3-7-14(13)12-15/h2-12H,1H3. The number of para-hydroxylation sites is 2. The van der Waals surface area contributed by atoms with Crippen LogP contribution in [0.15, 0.2) is 71.5 Å². The SMILES string of the molecule is Cn1c(=O)c(C(=O)c2ccc3ccccc3c2)nc2ccccc21. The van der Waals surface area contributed by atoms with Crippen LogP contribution in [-0.4, -0.2) is 15.3 Å². The molecule has 0 aliphatic rings. The maximum absolute atomic E-state index is 12.8.